The first-order chi connectivity index (χ1) is 8.72. The molecule has 2 rings (SSSR count). The Hall–Kier alpha value is -1.83. The van der Waals surface area contributed by atoms with Crippen LogP contribution >= 0.6 is 0 Å². The topological polar surface area (TPSA) is 29.1 Å². The van der Waals surface area contributed by atoms with Gasteiger partial charge in [-0.2, -0.15) is 0 Å². The van der Waals surface area contributed by atoms with Crippen LogP contribution in [-0.2, 0) is 4.79 Å². The van der Waals surface area contributed by atoms with Gasteiger partial charge in [0.05, 0.1) is 5.70 Å². The smallest absolute Gasteiger partial charge is 0.178 e. The van der Waals surface area contributed by atoms with E-state index in [2.05, 4.69) is 43.1 Å². The lowest BCUT2D eigenvalue weighted by molar-refractivity contribution is -0.116. The number of benzene rings is 1. The first-order valence-corrected chi connectivity index (χ1v) is 6.40. The number of rotatable bonds is 4. The molecule has 0 atom stereocenters. The first-order valence-electron chi connectivity index (χ1n) is 6.40. The van der Waals surface area contributed by atoms with E-state index in [1.165, 1.54) is 5.56 Å². The Bertz CT molecular complexity index is 482. The Balaban J connectivity index is 2.37. The van der Waals surface area contributed by atoms with Crippen molar-refractivity contribution in [2.24, 2.45) is 0 Å². The molecule has 0 fully saturated rings. The molecule has 94 valence electrons. The van der Waals surface area contributed by atoms with E-state index in [4.69, 9.17) is 0 Å². The molecule has 18 heavy (non-hydrogen) atoms. The van der Waals surface area contributed by atoms with Crippen molar-refractivity contribution in [2.45, 2.75) is 26.2 Å². The molecule has 0 amide bonds. The zero-order valence-electron chi connectivity index (χ0n) is 10.8. The summed E-state index contributed by atoms with van der Waals surface area (Å²) >= 11 is 0. The molecule has 2 heteroatoms. The van der Waals surface area contributed by atoms with Crippen molar-refractivity contribution >= 4 is 11.4 Å². The summed E-state index contributed by atoms with van der Waals surface area (Å²) in [7, 11) is 0. The lowest BCUT2D eigenvalue weighted by Crippen LogP contribution is -2.24. The molecule has 1 N–H and O–H groups in total. The van der Waals surface area contributed by atoms with Crippen molar-refractivity contribution in [3.8, 4) is 0 Å². The highest BCUT2D eigenvalue weighted by atomic mass is 16.1. The fourth-order valence-corrected chi connectivity index (χ4v) is 2.27. The normalized spacial score (nSPS) is 15.7. The van der Waals surface area contributed by atoms with Crippen LogP contribution in [0.1, 0.15) is 30.4 Å². The van der Waals surface area contributed by atoms with Gasteiger partial charge in [0.15, 0.2) is 5.78 Å². The lowest BCUT2D eigenvalue weighted by atomic mass is 9.90. The van der Waals surface area contributed by atoms with Gasteiger partial charge in [-0.25, -0.2) is 0 Å². The van der Waals surface area contributed by atoms with Crippen LogP contribution in [0.2, 0.25) is 0 Å². The molecular formula is C16H19NO. The lowest BCUT2D eigenvalue weighted by Gasteiger charge is -2.20. The quantitative estimate of drug-likeness (QED) is 0.820. The van der Waals surface area contributed by atoms with E-state index in [1.807, 2.05) is 0 Å². The summed E-state index contributed by atoms with van der Waals surface area (Å²) < 4.78 is 0. The summed E-state index contributed by atoms with van der Waals surface area (Å²) in [5.41, 5.74) is 4.32. The minimum absolute atomic E-state index is 0.221. The van der Waals surface area contributed by atoms with Gasteiger partial charge in [-0.05, 0) is 30.9 Å². The Labute approximate surface area is 108 Å². The molecule has 0 unspecified atom stereocenters. The maximum Gasteiger partial charge on any atom is 0.178 e. The van der Waals surface area contributed by atoms with Crippen molar-refractivity contribution < 1.29 is 4.79 Å². The highest BCUT2D eigenvalue weighted by Gasteiger charge is 2.20. The van der Waals surface area contributed by atoms with Crippen molar-refractivity contribution in [1.29, 1.82) is 0 Å². The Kier molecular flexibility index (Phi) is 3.98. The van der Waals surface area contributed by atoms with Gasteiger partial charge >= 0.3 is 0 Å². The Morgan fingerprint density at radius 2 is 2.00 bits per heavy atom. The molecule has 0 aromatic heterocycles. The van der Waals surface area contributed by atoms with Crippen molar-refractivity contribution in [3.63, 3.8) is 0 Å². The Morgan fingerprint density at radius 3 is 2.67 bits per heavy atom. The molecule has 0 radical (unpaired) electrons. The number of carbonyl (C=O) groups excluding carboxylic acids is 1. The van der Waals surface area contributed by atoms with Gasteiger partial charge < -0.3 is 5.32 Å². The van der Waals surface area contributed by atoms with Crippen molar-refractivity contribution in [3.05, 3.63) is 53.7 Å². The van der Waals surface area contributed by atoms with E-state index in [-0.39, 0.29) is 5.78 Å². The molecular weight excluding hydrogens is 222 g/mol. The van der Waals surface area contributed by atoms with E-state index < -0.39 is 0 Å². The summed E-state index contributed by atoms with van der Waals surface area (Å²) in [4.78, 5) is 12.0. The van der Waals surface area contributed by atoms with Gasteiger partial charge in [0.1, 0.15) is 0 Å². The van der Waals surface area contributed by atoms with E-state index in [0.717, 1.165) is 29.7 Å². The highest BCUT2D eigenvalue weighted by molar-refractivity contribution is 6.03. The van der Waals surface area contributed by atoms with Gasteiger partial charge in [0, 0.05) is 13.0 Å². The van der Waals surface area contributed by atoms with E-state index in [0.29, 0.717) is 13.0 Å². The van der Waals surface area contributed by atoms with Gasteiger partial charge in [-0.3, -0.25) is 4.79 Å². The Morgan fingerprint density at radius 1 is 1.28 bits per heavy atom. The SMILES string of the molecule is C=CCNC1=C(c2ccc(C)cc2)CCCC1=O. The summed E-state index contributed by atoms with van der Waals surface area (Å²) in [6, 6.07) is 8.37. The molecule has 0 heterocycles. The largest absolute Gasteiger partial charge is 0.378 e. The van der Waals surface area contributed by atoms with E-state index in [9.17, 15) is 4.79 Å². The maximum absolute atomic E-state index is 12.0. The van der Waals surface area contributed by atoms with Crippen LogP contribution in [0.4, 0.5) is 0 Å². The van der Waals surface area contributed by atoms with Gasteiger partial charge in [0.2, 0.25) is 0 Å². The molecule has 2 nitrogen and oxygen atoms in total. The number of nitrogens with one attached hydrogen (secondary N) is 1. The van der Waals surface area contributed by atoms with E-state index in [1.54, 1.807) is 6.08 Å². The van der Waals surface area contributed by atoms with Crippen LogP contribution in [0.25, 0.3) is 5.57 Å². The number of hydrogen-bond acceptors (Lipinski definition) is 2. The summed E-state index contributed by atoms with van der Waals surface area (Å²) in [6.07, 6.45) is 4.34. The third-order valence-electron chi connectivity index (χ3n) is 3.23. The minimum atomic E-state index is 0.221. The monoisotopic (exact) mass is 241 g/mol. The number of ketones is 1. The summed E-state index contributed by atoms with van der Waals surface area (Å²) in [5, 5.41) is 3.20. The molecule has 0 saturated carbocycles. The van der Waals surface area contributed by atoms with Gasteiger partial charge in [0.25, 0.3) is 0 Å². The molecule has 0 aliphatic heterocycles. The third-order valence-corrected chi connectivity index (χ3v) is 3.23. The molecule has 0 saturated heterocycles. The van der Waals surface area contributed by atoms with Crippen molar-refractivity contribution in [2.75, 3.05) is 6.54 Å². The zero-order valence-corrected chi connectivity index (χ0v) is 10.8. The molecule has 0 spiro atoms. The molecule has 1 aliphatic carbocycles. The second-order valence-corrected chi connectivity index (χ2v) is 4.67. The van der Waals surface area contributed by atoms with Crippen LogP contribution in [-0.4, -0.2) is 12.3 Å². The number of aryl methyl sites for hydroxylation is 1. The minimum Gasteiger partial charge on any atom is -0.378 e. The van der Waals surface area contributed by atoms with Crippen molar-refractivity contribution in [1.82, 2.24) is 5.32 Å². The number of carbonyl (C=O) groups is 1. The summed E-state index contributed by atoms with van der Waals surface area (Å²) in [6.45, 7) is 6.39. The number of hydrogen-bond donors (Lipinski definition) is 1. The highest BCUT2D eigenvalue weighted by Crippen LogP contribution is 2.29. The fraction of sp³-hybridized carbons (Fsp3) is 0.312. The maximum atomic E-state index is 12.0. The van der Waals surface area contributed by atoms with E-state index >= 15 is 0 Å². The van der Waals surface area contributed by atoms with Gasteiger partial charge in [-0.1, -0.05) is 35.9 Å². The van der Waals surface area contributed by atoms with Crippen LogP contribution in [0, 0.1) is 6.92 Å². The average molecular weight is 241 g/mol. The number of allylic oxidation sites excluding steroid dienone is 2. The molecule has 1 aromatic rings. The average Bonchev–Trinajstić information content (AvgIpc) is 2.38. The predicted octanol–water partition coefficient (Wildman–Crippen LogP) is 3.23. The fourth-order valence-electron chi connectivity index (χ4n) is 2.27. The van der Waals surface area contributed by atoms with Crippen LogP contribution in [0.5, 0.6) is 0 Å². The van der Waals surface area contributed by atoms with Gasteiger partial charge in [-0.15, -0.1) is 6.58 Å². The molecule has 1 aromatic carbocycles. The van der Waals surface area contributed by atoms with Crippen LogP contribution in [0.3, 0.4) is 0 Å². The molecule has 1 aliphatic rings. The third kappa shape index (κ3) is 2.70. The second-order valence-electron chi connectivity index (χ2n) is 4.67. The standard InChI is InChI=1S/C16H19NO/c1-3-11-17-16-14(5-4-6-15(16)18)13-9-7-12(2)8-10-13/h3,7-10,17H,1,4-6,11H2,2H3. The van der Waals surface area contributed by atoms with Crippen LogP contribution < -0.4 is 5.32 Å². The predicted molar refractivity (Wildman–Crippen MR) is 75.2 cm³/mol. The summed E-state index contributed by atoms with van der Waals surface area (Å²) in [5.74, 6) is 0.221. The molecule has 0 bridgehead atoms. The second kappa shape index (κ2) is 5.67. The van der Waals surface area contributed by atoms with Crippen LogP contribution in [0.15, 0.2) is 42.6 Å². The first kappa shape index (κ1) is 12.6. The zero-order chi connectivity index (χ0) is 13.0. The number of Topliss-reactive ketones (excluding diaryl/α,β-unsaturated/α-hetero) is 1.